The second-order valence-corrected chi connectivity index (χ2v) is 11.0. The molecule has 208 valence electrons. The smallest absolute Gasteiger partial charge is 0.186 e. The van der Waals surface area contributed by atoms with Gasteiger partial charge in [0.15, 0.2) is 12.6 Å². The number of carbonyl (C=O) groups is 1. The number of hydrogen-bond acceptors (Lipinski definition) is 11. The van der Waals surface area contributed by atoms with E-state index in [1.807, 2.05) is 6.92 Å². The number of hydrogen-bond donors (Lipinski definition) is 6. The van der Waals surface area contributed by atoms with Gasteiger partial charge in [-0.1, -0.05) is 25.0 Å². The minimum absolute atomic E-state index is 0.135. The van der Waals surface area contributed by atoms with Crippen LogP contribution in [-0.4, -0.2) is 111 Å². The number of allylic oxidation sites excluding steroid dienone is 1. The Kier molecular flexibility index (Phi) is 9.70. The summed E-state index contributed by atoms with van der Waals surface area (Å²) in [7, 11) is 0. The summed E-state index contributed by atoms with van der Waals surface area (Å²) in [6.45, 7) is 8.91. The second kappa shape index (κ2) is 11.8. The zero-order chi connectivity index (χ0) is 26.9. The topological polar surface area (TPSA) is 175 Å². The lowest BCUT2D eigenvalue weighted by Crippen LogP contribution is -2.61. The lowest BCUT2D eigenvalue weighted by molar-refractivity contribution is -0.334. The second-order valence-electron chi connectivity index (χ2n) is 11.0. The Morgan fingerprint density at radius 2 is 1.56 bits per heavy atom. The first kappa shape index (κ1) is 29.6. The monoisotopic (exact) mass is 518 g/mol. The molecular formula is C25H42O11. The van der Waals surface area contributed by atoms with Crippen molar-refractivity contribution in [2.45, 2.75) is 128 Å². The molecule has 2 heterocycles. The predicted molar refractivity (Wildman–Crippen MR) is 125 cm³/mol. The van der Waals surface area contributed by atoms with Crippen molar-refractivity contribution in [3.8, 4) is 0 Å². The molecule has 2 fully saturated rings. The first-order valence-corrected chi connectivity index (χ1v) is 12.6. The van der Waals surface area contributed by atoms with E-state index in [1.54, 1.807) is 6.92 Å². The molecule has 0 unspecified atom stereocenters. The Morgan fingerprint density at radius 1 is 0.944 bits per heavy atom. The van der Waals surface area contributed by atoms with Crippen molar-refractivity contribution in [2.24, 2.45) is 5.41 Å². The van der Waals surface area contributed by atoms with Crippen molar-refractivity contribution < 1.29 is 54.4 Å². The number of Topliss-reactive ketones (excluding diaryl/α,β-unsaturated/α-hetero) is 1. The van der Waals surface area contributed by atoms with Crippen LogP contribution in [0, 0.1) is 5.41 Å². The molecule has 1 aliphatic carbocycles. The van der Waals surface area contributed by atoms with Gasteiger partial charge in [0, 0.05) is 6.42 Å². The summed E-state index contributed by atoms with van der Waals surface area (Å²) in [6.07, 6.45) is -11.3. The fourth-order valence-corrected chi connectivity index (χ4v) is 5.45. The number of ether oxygens (including phenoxy) is 4. The van der Waals surface area contributed by atoms with E-state index in [2.05, 4.69) is 13.8 Å². The van der Waals surface area contributed by atoms with Crippen LogP contribution in [0.5, 0.6) is 0 Å². The first-order chi connectivity index (χ1) is 16.7. The van der Waals surface area contributed by atoms with Gasteiger partial charge in [-0.2, -0.15) is 0 Å². The molecule has 3 aliphatic rings. The van der Waals surface area contributed by atoms with Crippen LogP contribution in [-0.2, 0) is 23.7 Å². The standard InChI is InChI=1S/C25H42O11/c1-11-8-14(9-25(4,5)15(11)7-6-12(2)26)35-24-22(32)20(30)18(28)16(36-24)10-33-23-21(31)19(29)17(27)13(3)34-23/h13-14,16-24,27-32H,6-10H2,1-5H3/t13-,14+,16+,17-,18+,19+,20-,21+,22+,23+,24+/m0/s1. The Balaban J connectivity index is 1.64. The van der Waals surface area contributed by atoms with Crippen molar-refractivity contribution in [1.82, 2.24) is 0 Å². The van der Waals surface area contributed by atoms with Gasteiger partial charge in [0.25, 0.3) is 0 Å². The van der Waals surface area contributed by atoms with Gasteiger partial charge in [0.05, 0.1) is 18.8 Å². The van der Waals surface area contributed by atoms with Crippen LogP contribution in [0.15, 0.2) is 11.1 Å². The van der Waals surface area contributed by atoms with E-state index in [1.165, 1.54) is 12.5 Å². The van der Waals surface area contributed by atoms with E-state index in [9.17, 15) is 35.4 Å². The maximum atomic E-state index is 11.5. The van der Waals surface area contributed by atoms with Gasteiger partial charge in [-0.05, 0) is 45.4 Å². The van der Waals surface area contributed by atoms with Gasteiger partial charge in [0.1, 0.15) is 48.5 Å². The molecule has 6 N–H and O–H groups in total. The summed E-state index contributed by atoms with van der Waals surface area (Å²) in [5.74, 6) is 0.135. The van der Waals surface area contributed by atoms with Gasteiger partial charge in [-0.15, -0.1) is 0 Å². The van der Waals surface area contributed by atoms with Crippen LogP contribution in [0.2, 0.25) is 0 Å². The maximum absolute atomic E-state index is 11.5. The van der Waals surface area contributed by atoms with Crippen LogP contribution in [0.1, 0.15) is 60.3 Å². The van der Waals surface area contributed by atoms with Gasteiger partial charge in [-0.25, -0.2) is 0 Å². The van der Waals surface area contributed by atoms with Crippen LogP contribution < -0.4 is 0 Å². The first-order valence-electron chi connectivity index (χ1n) is 12.6. The molecule has 11 atom stereocenters. The van der Waals surface area contributed by atoms with E-state index >= 15 is 0 Å². The van der Waals surface area contributed by atoms with Crippen LogP contribution in [0.25, 0.3) is 0 Å². The van der Waals surface area contributed by atoms with Crippen molar-refractivity contribution in [2.75, 3.05) is 6.61 Å². The van der Waals surface area contributed by atoms with Crippen molar-refractivity contribution in [3.63, 3.8) is 0 Å². The molecule has 11 heteroatoms. The Hall–Kier alpha value is -0.990. The molecule has 0 saturated carbocycles. The summed E-state index contributed by atoms with van der Waals surface area (Å²) in [5, 5.41) is 61.3. The average Bonchev–Trinajstić information content (AvgIpc) is 2.79. The highest BCUT2D eigenvalue weighted by molar-refractivity contribution is 5.75. The minimum Gasteiger partial charge on any atom is -0.388 e. The molecule has 0 radical (unpaired) electrons. The quantitative estimate of drug-likeness (QED) is 0.229. The third-order valence-corrected chi connectivity index (χ3v) is 7.56. The molecule has 0 aromatic heterocycles. The fourth-order valence-electron chi connectivity index (χ4n) is 5.45. The highest BCUT2D eigenvalue weighted by Gasteiger charge is 2.48. The normalized spacial score (nSPS) is 43.5. The highest BCUT2D eigenvalue weighted by Crippen LogP contribution is 2.44. The van der Waals surface area contributed by atoms with E-state index in [0.29, 0.717) is 25.7 Å². The maximum Gasteiger partial charge on any atom is 0.186 e. The largest absolute Gasteiger partial charge is 0.388 e. The summed E-state index contributed by atoms with van der Waals surface area (Å²) >= 11 is 0. The summed E-state index contributed by atoms with van der Waals surface area (Å²) < 4.78 is 22.8. The van der Waals surface area contributed by atoms with Gasteiger partial charge in [-0.3, -0.25) is 0 Å². The molecular weight excluding hydrogens is 476 g/mol. The van der Waals surface area contributed by atoms with E-state index < -0.39 is 61.4 Å². The molecule has 0 amide bonds. The van der Waals surface area contributed by atoms with Crippen LogP contribution >= 0.6 is 0 Å². The molecule has 11 nitrogen and oxygen atoms in total. The van der Waals surface area contributed by atoms with Crippen molar-refractivity contribution in [1.29, 1.82) is 0 Å². The SMILES string of the molecule is CC(=O)CCC1=C(C)C[C@@H](O[C@@H]2O[C@H](CO[C@@H]3O[C@@H](C)[C@H](O)[C@@H](O)[C@H]3O)[C@@H](O)[C@H](O)[C@H]2O)CC1(C)C. The zero-order valence-corrected chi connectivity index (χ0v) is 21.6. The molecule has 2 saturated heterocycles. The number of carbonyl (C=O) groups excluding carboxylic acids is 1. The summed E-state index contributed by atoms with van der Waals surface area (Å²) in [4.78, 5) is 11.5. The Morgan fingerprint density at radius 3 is 2.17 bits per heavy atom. The van der Waals surface area contributed by atoms with Gasteiger partial charge in [0.2, 0.25) is 0 Å². The summed E-state index contributed by atoms with van der Waals surface area (Å²) in [5.41, 5.74) is 2.10. The molecule has 0 bridgehead atoms. The molecule has 2 aliphatic heterocycles. The van der Waals surface area contributed by atoms with E-state index in [0.717, 1.165) is 5.57 Å². The highest BCUT2D eigenvalue weighted by atomic mass is 16.7. The molecule has 3 rings (SSSR count). The third kappa shape index (κ3) is 6.52. The lowest BCUT2D eigenvalue weighted by Gasteiger charge is -2.45. The molecule has 0 aromatic rings. The zero-order valence-electron chi connectivity index (χ0n) is 21.6. The third-order valence-electron chi connectivity index (χ3n) is 7.56. The molecule has 0 aromatic carbocycles. The van der Waals surface area contributed by atoms with Crippen molar-refractivity contribution >= 4 is 5.78 Å². The summed E-state index contributed by atoms with van der Waals surface area (Å²) in [6, 6.07) is 0. The van der Waals surface area contributed by atoms with Crippen LogP contribution in [0.3, 0.4) is 0 Å². The molecule has 0 spiro atoms. The van der Waals surface area contributed by atoms with Gasteiger partial charge < -0.3 is 54.4 Å². The average molecular weight is 519 g/mol. The van der Waals surface area contributed by atoms with Gasteiger partial charge >= 0.3 is 0 Å². The number of aliphatic hydroxyl groups excluding tert-OH is 6. The van der Waals surface area contributed by atoms with Crippen LogP contribution in [0.4, 0.5) is 0 Å². The Bertz CT molecular complexity index is 799. The number of rotatable bonds is 8. The number of aliphatic hydroxyl groups is 6. The van der Waals surface area contributed by atoms with E-state index in [-0.39, 0.29) is 23.9 Å². The predicted octanol–water partition coefficient (Wildman–Crippen LogP) is -0.471. The minimum atomic E-state index is -1.57. The lowest BCUT2D eigenvalue weighted by atomic mass is 9.70. The fraction of sp³-hybridized carbons (Fsp3) is 0.880. The Labute approximate surface area is 211 Å². The molecule has 36 heavy (non-hydrogen) atoms. The van der Waals surface area contributed by atoms with E-state index in [4.69, 9.17) is 18.9 Å². The number of ketones is 1. The van der Waals surface area contributed by atoms with Crippen molar-refractivity contribution in [3.05, 3.63) is 11.1 Å².